The molecule has 1 aromatic carbocycles. The normalized spacial score (nSPS) is 43.7. The molecule has 0 radical (unpaired) electrons. The van der Waals surface area contributed by atoms with Crippen molar-refractivity contribution in [3.05, 3.63) is 29.8 Å². The molecule has 4 bridgehead atoms. The molecule has 5 atom stereocenters. The largest absolute Gasteiger partial charge is 1.00 e. The predicted molar refractivity (Wildman–Crippen MR) is 69.2 cm³/mol. The summed E-state index contributed by atoms with van der Waals surface area (Å²) in [5, 5.41) is 19.8. The van der Waals surface area contributed by atoms with E-state index < -0.39 is 30.9 Å². The Balaban J connectivity index is 0.00000132. The van der Waals surface area contributed by atoms with E-state index in [9.17, 15) is 10.2 Å². The molecule has 1 aromatic rings. The Morgan fingerprint density at radius 1 is 1.33 bits per heavy atom. The molecule has 2 N–H and O–H groups in total. The molecule has 4 saturated heterocycles. The number of aliphatic hydroxyl groups excluding tert-OH is 2. The van der Waals surface area contributed by atoms with Crippen molar-refractivity contribution in [1.29, 1.82) is 0 Å². The standard InChI is InChI=1S/C13H16BO6.Na/c1-8-2-4-9(5-3-8)14-17-6-10-11(16)12(19-14)13(7-15,18-10)20-14;/h2-5,10-12,15-16H,6-7H2,1H3;/q-1;+1/t10-,11-,12+,13+,14?;/m1./s1. The Hall–Kier alpha value is 0.0449. The average Bonchev–Trinajstić information content (AvgIpc) is 2.75. The first kappa shape index (κ1) is 15.9. The maximum absolute atomic E-state index is 10.2. The summed E-state index contributed by atoms with van der Waals surface area (Å²) in [7, 11) is 0. The number of aryl methyl sites for hydroxylation is 1. The van der Waals surface area contributed by atoms with Gasteiger partial charge in [-0.2, -0.15) is 0 Å². The van der Waals surface area contributed by atoms with Crippen LogP contribution in [0.1, 0.15) is 5.56 Å². The van der Waals surface area contributed by atoms with Crippen molar-refractivity contribution in [2.45, 2.75) is 31.0 Å². The van der Waals surface area contributed by atoms with Gasteiger partial charge in [-0.1, -0.05) is 29.8 Å². The second kappa shape index (κ2) is 5.30. The van der Waals surface area contributed by atoms with Crippen LogP contribution >= 0.6 is 0 Å². The molecule has 0 aliphatic carbocycles. The number of fused-ring (bicyclic) bond motifs is 1. The van der Waals surface area contributed by atoms with Crippen molar-refractivity contribution in [3.8, 4) is 0 Å². The van der Waals surface area contributed by atoms with Crippen molar-refractivity contribution in [3.63, 3.8) is 0 Å². The van der Waals surface area contributed by atoms with Gasteiger partial charge in [0.1, 0.15) is 12.2 Å². The van der Waals surface area contributed by atoms with Crippen LogP contribution in [-0.2, 0) is 18.7 Å². The van der Waals surface area contributed by atoms with Gasteiger partial charge in [0.2, 0.25) is 0 Å². The molecule has 6 nitrogen and oxygen atoms in total. The van der Waals surface area contributed by atoms with Gasteiger partial charge in [-0.15, -0.1) is 5.46 Å². The van der Waals surface area contributed by atoms with Gasteiger partial charge in [-0.25, -0.2) is 0 Å². The van der Waals surface area contributed by atoms with E-state index >= 15 is 0 Å². The predicted octanol–water partition coefficient (Wildman–Crippen LogP) is -3.96. The number of hydrogen-bond donors (Lipinski definition) is 2. The first-order valence-corrected chi connectivity index (χ1v) is 6.78. The number of rotatable bonds is 2. The zero-order valence-corrected chi connectivity index (χ0v) is 14.1. The van der Waals surface area contributed by atoms with Crippen molar-refractivity contribution in [2.24, 2.45) is 0 Å². The number of ether oxygens (including phenoxy) is 1. The van der Waals surface area contributed by atoms with Gasteiger partial charge in [-0.3, -0.25) is 0 Å². The minimum Gasteiger partial charge on any atom is -0.539 e. The van der Waals surface area contributed by atoms with Crippen molar-refractivity contribution in [2.75, 3.05) is 13.2 Å². The van der Waals surface area contributed by atoms with Gasteiger partial charge in [0.05, 0.1) is 12.7 Å². The monoisotopic (exact) mass is 302 g/mol. The summed E-state index contributed by atoms with van der Waals surface area (Å²) in [5.74, 6) is -1.33. The Morgan fingerprint density at radius 2 is 2.05 bits per heavy atom. The molecule has 21 heavy (non-hydrogen) atoms. The van der Waals surface area contributed by atoms with Crippen molar-refractivity contribution < 1.29 is 58.5 Å². The summed E-state index contributed by atoms with van der Waals surface area (Å²) < 4.78 is 23.2. The molecular weight excluding hydrogens is 286 g/mol. The Labute approximate surface area is 144 Å². The molecule has 0 saturated carbocycles. The average molecular weight is 302 g/mol. The molecule has 4 heterocycles. The molecule has 4 fully saturated rings. The summed E-state index contributed by atoms with van der Waals surface area (Å²) in [5.41, 5.74) is 1.86. The first-order chi connectivity index (χ1) is 9.58. The SMILES string of the molecule is Cc1ccc([B-]23OC[C@H]4O[C@@](CO)(O2)[C@@H](O3)[C@@H]4O)cc1.[Na+]. The second-order valence-corrected chi connectivity index (χ2v) is 5.68. The third-order valence-corrected chi connectivity index (χ3v) is 4.34. The fourth-order valence-electron chi connectivity index (χ4n) is 3.25. The van der Waals surface area contributed by atoms with Crippen LogP contribution in [0.4, 0.5) is 0 Å². The van der Waals surface area contributed by atoms with E-state index in [-0.39, 0.29) is 42.8 Å². The van der Waals surface area contributed by atoms with Gasteiger partial charge < -0.3 is 28.9 Å². The zero-order valence-electron chi connectivity index (χ0n) is 12.1. The fourth-order valence-corrected chi connectivity index (χ4v) is 3.25. The van der Waals surface area contributed by atoms with Crippen LogP contribution in [0.5, 0.6) is 0 Å². The molecule has 4 aliphatic rings. The van der Waals surface area contributed by atoms with E-state index in [0.29, 0.717) is 0 Å². The third-order valence-electron chi connectivity index (χ3n) is 4.34. The topological polar surface area (TPSA) is 77.4 Å². The number of benzene rings is 1. The summed E-state index contributed by atoms with van der Waals surface area (Å²) in [6.45, 7) is -0.417. The van der Waals surface area contributed by atoms with Gasteiger partial charge in [0, 0.05) is 6.61 Å². The first-order valence-electron chi connectivity index (χ1n) is 6.78. The van der Waals surface area contributed by atoms with E-state index in [1.54, 1.807) is 0 Å². The summed E-state index contributed by atoms with van der Waals surface area (Å²) in [6, 6.07) is 7.62. The smallest absolute Gasteiger partial charge is 0.539 e. The van der Waals surface area contributed by atoms with Crippen LogP contribution in [0, 0.1) is 6.92 Å². The van der Waals surface area contributed by atoms with Crippen molar-refractivity contribution >= 4 is 12.2 Å². The summed E-state index contributed by atoms with van der Waals surface area (Å²) >= 11 is 0. The summed E-state index contributed by atoms with van der Waals surface area (Å²) in [4.78, 5) is 0. The van der Waals surface area contributed by atoms with E-state index in [0.717, 1.165) is 11.0 Å². The Kier molecular flexibility index (Phi) is 4.02. The zero-order chi connectivity index (χ0) is 14.0. The van der Waals surface area contributed by atoms with Crippen LogP contribution in [0.15, 0.2) is 24.3 Å². The van der Waals surface area contributed by atoms with Gasteiger partial charge in [0.25, 0.3) is 0 Å². The minimum atomic E-state index is -2.19. The van der Waals surface area contributed by atoms with Gasteiger partial charge in [-0.05, 0) is 6.92 Å². The van der Waals surface area contributed by atoms with E-state index in [1.807, 2.05) is 31.2 Å². The molecular formula is C13H16BNaO6. The van der Waals surface area contributed by atoms with E-state index in [1.165, 1.54) is 0 Å². The van der Waals surface area contributed by atoms with Gasteiger partial charge in [0.15, 0.2) is 5.79 Å². The van der Waals surface area contributed by atoms with Crippen LogP contribution in [-0.4, -0.2) is 54.3 Å². The maximum Gasteiger partial charge on any atom is 1.00 e. The molecule has 8 heteroatoms. The Bertz CT molecular complexity index is 542. The second-order valence-electron chi connectivity index (χ2n) is 5.68. The van der Waals surface area contributed by atoms with E-state index in [4.69, 9.17) is 18.7 Å². The quantitative estimate of drug-likeness (QED) is 0.543. The molecule has 108 valence electrons. The number of aliphatic hydroxyl groups is 2. The van der Waals surface area contributed by atoms with Crippen LogP contribution in [0.2, 0.25) is 0 Å². The minimum absolute atomic E-state index is 0. The van der Waals surface area contributed by atoms with Crippen LogP contribution in [0.3, 0.4) is 0 Å². The van der Waals surface area contributed by atoms with Gasteiger partial charge >= 0.3 is 36.3 Å². The molecule has 1 unspecified atom stereocenters. The maximum atomic E-state index is 10.2. The molecule has 0 amide bonds. The van der Waals surface area contributed by atoms with E-state index in [2.05, 4.69) is 0 Å². The molecule has 0 aromatic heterocycles. The van der Waals surface area contributed by atoms with Crippen molar-refractivity contribution in [1.82, 2.24) is 0 Å². The van der Waals surface area contributed by atoms with Crippen LogP contribution < -0.4 is 35.0 Å². The number of hydrogen-bond acceptors (Lipinski definition) is 6. The Morgan fingerprint density at radius 3 is 2.67 bits per heavy atom. The van der Waals surface area contributed by atoms with Crippen LogP contribution in [0.25, 0.3) is 0 Å². The molecule has 5 rings (SSSR count). The molecule has 4 aliphatic heterocycles. The fraction of sp³-hybridized carbons (Fsp3) is 0.538. The third kappa shape index (κ3) is 2.15. The molecule has 0 spiro atoms. The summed E-state index contributed by atoms with van der Waals surface area (Å²) in [6.07, 6.45) is -2.14.